The summed E-state index contributed by atoms with van der Waals surface area (Å²) < 4.78 is 1.29. The number of likely N-dealkylation sites (N-methyl/N-ethyl adjacent to an activating group) is 1. The lowest BCUT2D eigenvalue weighted by Crippen LogP contribution is -2.28. The van der Waals surface area contributed by atoms with Crippen LogP contribution in [0, 0.1) is 0 Å². The summed E-state index contributed by atoms with van der Waals surface area (Å²) in [5, 5.41) is 0. The monoisotopic (exact) mass is 215 g/mol. The molecule has 0 aromatic carbocycles. The Labute approximate surface area is 76.9 Å². The molecule has 1 rings (SSSR count). The molecule has 0 saturated heterocycles. The van der Waals surface area contributed by atoms with E-state index in [0.29, 0.717) is 6.04 Å². The van der Waals surface area contributed by atoms with E-state index in [9.17, 15) is 0 Å². The standard InChI is InChI=1S/C9H14BrN/c1-4-9-8(10)5-7(2)6-11(9)3/h5-6,9H,4H2,1-3H3. The molecule has 0 aromatic rings. The average Bonchev–Trinajstić information content (AvgIpc) is 1.85. The Bertz CT molecular complexity index is 206. The van der Waals surface area contributed by atoms with Gasteiger partial charge in [-0.15, -0.1) is 0 Å². The smallest absolute Gasteiger partial charge is 0.0596 e. The third-order valence-corrected chi connectivity index (χ3v) is 2.73. The van der Waals surface area contributed by atoms with Gasteiger partial charge in [0.2, 0.25) is 0 Å². The zero-order chi connectivity index (χ0) is 8.43. The van der Waals surface area contributed by atoms with Crippen LogP contribution in [0.5, 0.6) is 0 Å². The molecule has 62 valence electrons. The SMILES string of the molecule is CCC1C(Br)=CC(C)=CN1C. The summed E-state index contributed by atoms with van der Waals surface area (Å²) in [5.74, 6) is 0. The summed E-state index contributed by atoms with van der Waals surface area (Å²) in [5.41, 5.74) is 1.31. The number of hydrogen-bond donors (Lipinski definition) is 0. The van der Waals surface area contributed by atoms with Crippen molar-refractivity contribution in [3.8, 4) is 0 Å². The molecular weight excluding hydrogens is 202 g/mol. The van der Waals surface area contributed by atoms with Gasteiger partial charge in [0, 0.05) is 17.7 Å². The van der Waals surface area contributed by atoms with Crippen LogP contribution in [0.2, 0.25) is 0 Å². The minimum absolute atomic E-state index is 0.540. The molecule has 1 heterocycles. The van der Waals surface area contributed by atoms with Gasteiger partial charge in [-0.3, -0.25) is 0 Å². The Kier molecular flexibility index (Phi) is 2.77. The van der Waals surface area contributed by atoms with Gasteiger partial charge in [0.05, 0.1) is 6.04 Å². The Balaban J connectivity index is 2.82. The summed E-state index contributed by atoms with van der Waals surface area (Å²) >= 11 is 3.57. The lowest BCUT2D eigenvalue weighted by Gasteiger charge is -2.29. The fourth-order valence-corrected chi connectivity index (χ4v) is 2.45. The van der Waals surface area contributed by atoms with Gasteiger partial charge in [-0.1, -0.05) is 22.9 Å². The minimum atomic E-state index is 0.540. The van der Waals surface area contributed by atoms with Crippen molar-refractivity contribution in [1.29, 1.82) is 0 Å². The maximum Gasteiger partial charge on any atom is 0.0596 e. The lowest BCUT2D eigenvalue weighted by molar-refractivity contribution is 0.365. The van der Waals surface area contributed by atoms with Crippen LogP contribution < -0.4 is 0 Å². The van der Waals surface area contributed by atoms with Crippen LogP contribution in [0.1, 0.15) is 20.3 Å². The van der Waals surface area contributed by atoms with Crippen LogP contribution in [0.3, 0.4) is 0 Å². The minimum Gasteiger partial charge on any atom is -0.373 e. The second-order valence-electron chi connectivity index (χ2n) is 2.99. The molecule has 2 heteroatoms. The molecule has 1 atom stereocenters. The van der Waals surface area contributed by atoms with Gasteiger partial charge in [0.15, 0.2) is 0 Å². The molecular formula is C9H14BrN. The number of hydrogen-bond acceptors (Lipinski definition) is 1. The zero-order valence-electron chi connectivity index (χ0n) is 7.26. The predicted molar refractivity (Wildman–Crippen MR) is 52.6 cm³/mol. The maximum atomic E-state index is 3.57. The molecule has 1 aliphatic rings. The van der Waals surface area contributed by atoms with E-state index in [4.69, 9.17) is 0 Å². The van der Waals surface area contributed by atoms with Crippen LogP contribution in [-0.2, 0) is 0 Å². The van der Waals surface area contributed by atoms with E-state index in [-0.39, 0.29) is 0 Å². The van der Waals surface area contributed by atoms with Crippen molar-refractivity contribution in [3.05, 3.63) is 22.3 Å². The summed E-state index contributed by atoms with van der Waals surface area (Å²) in [6.45, 7) is 4.31. The molecule has 0 N–H and O–H groups in total. The number of allylic oxidation sites excluding steroid dienone is 2. The van der Waals surface area contributed by atoms with Crippen LogP contribution in [0.25, 0.3) is 0 Å². The quantitative estimate of drug-likeness (QED) is 0.651. The van der Waals surface area contributed by atoms with Gasteiger partial charge >= 0.3 is 0 Å². The Morgan fingerprint density at radius 2 is 2.27 bits per heavy atom. The van der Waals surface area contributed by atoms with Crippen molar-refractivity contribution in [2.24, 2.45) is 0 Å². The third-order valence-electron chi connectivity index (χ3n) is 1.97. The topological polar surface area (TPSA) is 3.24 Å². The van der Waals surface area contributed by atoms with Crippen molar-refractivity contribution in [2.45, 2.75) is 26.3 Å². The Hall–Kier alpha value is -0.240. The van der Waals surface area contributed by atoms with Crippen molar-refractivity contribution < 1.29 is 0 Å². The maximum absolute atomic E-state index is 3.57. The molecule has 0 fully saturated rings. The van der Waals surface area contributed by atoms with E-state index in [1.807, 2.05) is 0 Å². The lowest BCUT2D eigenvalue weighted by atomic mass is 10.1. The first-order valence-electron chi connectivity index (χ1n) is 3.92. The van der Waals surface area contributed by atoms with E-state index < -0.39 is 0 Å². The highest BCUT2D eigenvalue weighted by atomic mass is 79.9. The fraction of sp³-hybridized carbons (Fsp3) is 0.556. The molecule has 0 bridgehead atoms. The number of halogens is 1. The Morgan fingerprint density at radius 1 is 1.64 bits per heavy atom. The first-order chi connectivity index (χ1) is 5.15. The first-order valence-corrected chi connectivity index (χ1v) is 4.72. The van der Waals surface area contributed by atoms with Gasteiger partial charge in [-0.05, 0) is 25.0 Å². The summed E-state index contributed by atoms with van der Waals surface area (Å²) in [6.07, 6.45) is 5.52. The van der Waals surface area contributed by atoms with Gasteiger partial charge in [0.25, 0.3) is 0 Å². The molecule has 1 nitrogen and oxygen atoms in total. The number of rotatable bonds is 1. The zero-order valence-corrected chi connectivity index (χ0v) is 8.85. The Morgan fingerprint density at radius 3 is 2.73 bits per heavy atom. The molecule has 0 saturated carbocycles. The van der Waals surface area contributed by atoms with Crippen LogP contribution >= 0.6 is 15.9 Å². The molecule has 0 amide bonds. The third kappa shape index (κ3) is 1.86. The molecule has 1 aliphatic heterocycles. The average molecular weight is 216 g/mol. The number of nitrogens with zero attached hydrogens (tertiary/aromatic N) is 1. The first kappa shape index (κ1) is 8.85. The van der Waals surface area contributed by atoms with Gasteiger partial charge in [-0.25, -0.2) is 0 Å². The summed E-state index contributed by atoms with van der Waals surface area (Å²) in [6, 6.07) is 0.540. The highest BCUT2D eigenvalue weighted by molar-refractivity contribution is 9.11. The largest absolute Gasteiger partial charge is 0.373 e. The fourth-order valence-electron chi connectivity index (χ4n) is 1.44. The van der Waals surface area contributed by atoms with Crippen LogP contribution in [0.4, 0.5) is 0 Å². The van der Waals surface area contributed by atoms with Crippen LogP contribution in [-0.4, -0.2) is 18.0 Å². The van der Waals surface area contributed by atoms with Crippen molar-refractivity contribution >= 4 is 15.9 Å². The second kappa shape index (κ2) is 3.44. The predicted octanol–water partition coefficient (Wildman–Crippen LogP) is 2.89. The van der Waals surface area contributed by atoms with E-state index in [0.717, 1.165) is 6.42 Å². The van der Waals surface area contributed by atoms with Crippen molar-refractivity contribution in [3.63, 3.8) is 0 Å². The summed E-state index contributed by atoms with van der Waals surface area (Å²) in [4.78, 5) is 2.25. The molecule has 11 heavy (non-hydrogen) atoms. The van der Waals surface area contributed by atoms with Crippen LogP contribution in [0.15, 0.2) is 22.3 Å². The molecule has 1 unspecified atom stereocenters. The second-order valence-corrected chi connectivity index (χ2v) is 3.91. The highest BCUT2D eigenvalue weighted by Crippen LogP contribution is 2.25. The van der Waals surface area contributed by atoms with Gasteiger partial charge < -0.3 is 4.90 Å². The highest BCUT2D eigenvalue weighted by Gasteiger charge is 2.16. The molecule has 0 aromatic heterocycles. The normalized spacial score (nSPS) is 24.7. The molecule has 0 aliphatic carbocycles. The van der Waals surface area contributed by atoms with E-state index in [2.05, 4.69) is 54.0 Å². The van der Waals surface area contributed by atoms with Crippen molar-refractivity contribution in [1.82, 2.24) is 4.90 Å². The van der Waals surface area contributed by atoms with Crippen molar-refractivity contribution in [2.75, 3.05) is 7.05 Å². The molecule has 0 radical (unpaired) electrons. The van der Waals surface area contributed by atoms with E-state index in [1.54, 1.807) is 0 Å². The van der Waals surface area contributed by atoms with E-state index >= 15 is 0 Å². The van der Waals surface area contributed by atoms with E-state index in [1.165, 1.54) is 10.1 Å². The van der Waals surface area contributed by atoms with Gasteiger partial charge in [-0.2, -0.15) is 0 Å². The van der Waals surface area contributed by atoms with Gasteiger partial charge in [0.1, 0.15) is 0 Å². The molecule has 0 spiro atoms. The summed E-state index contributed by atoms with van der Waals surface area (Å²) in [7, 11) is 2.12.